The van der Waals surface area contributed by atoms with Crippen LogP contribution in [0.15, 0.2) is 52.5 Å². The van der Waals surface area contributed by atoms with Crippen molar-refractivity contribution in [3.63, 3.8) is 0 Å². The summed E-state index contributed by atoms with van der Waals surface area (Å²) in [6, 6.07) is 10.1. The number of pyridine rings is 1. The van der Waals surface area contributed by atoms with Crippen LogP contribution < -0.4 is 0 Å². The summed E-state index contributed by atoms with van der Waals surface area (Å²) < 4.78 is 13.4. The van der Waals surface area contributed by atoms with Gasteiger partial charge in [0.2, 0.25) is 0 Å². The van der Waals surface area contributed by atoms with Crippen molar-refractivity contribution in [3.8, 4) is 0 Å². The first-order valence-electron chi connectivity index (χ1n) is 5.23. The van der Waals surface area contributed by atoms with E-state index < -0.39 is 6.10 Å². The minimum atomic E-state index is -0.532. The Morgan fingerprint density at radius 2 is 2.00 bits per heavy atom. The number of rotatable bonds is 3. The molecule has 2 aromatic rings. The Morgan fingerprint density at radius 3 is 2.59 bits per heavy atom. The molecule has 0 fully saturated rings. The Balaban J connectivity index is 2.17. The maximum Gasteiger partial charge on any atom is 0.137 e. The van der Waals surface area contributed by atoms with Gasteiger partial charge in [-0.2, -0.15) is 0 Å². The maximum absolute atomic E-state index is 13.4. The van der Waals surface area contributed by atoms with Gasteiger partial charge in [-0.25, -0.2) is 9.37 Å². The fourth-order valence-corrected chi connectivity index (χ4v) is 2.12. The van der Waals surface area contributed by atoms with Gasteiger partial charge < -0.3 is 5.11 Å². The molecular weight excluding hydrogens is 237 g/mol. The lowest BCUT2D eigenvalue weighted by molar-refractivity contribution is 0.198. The van der Waals surface area contributed by atoms with Gasteiger partial charge in [0.05, 0.1) is 6.10 Å². The molecule has 0 bridgehead atoms. The topological polar surface area (TPSA) is 33.1 Å². The first-order valence-corrected chi connectivity index (χ1v) is 6.05. The number of hydrogen-bond donors (Lipinski definition) is 1. The van der Waals surface area contributed by atoms with Gasteiger partial charge in [0.15, 0.2) is 0 Å². The van der Waals surface area contributed by atoms with Gasteiger partial charge in [-0.15, -0.1) is 0 Å². The molecule has 1 aromatic heterocycles. The highest BCUT2D eigenvalue weighted by Gasteiger charge is 2.05. The van der Waals surface area contributed by atoms with Crippen LogP contribution in [0.5, 0.6) is 0 Å². The van der Waals surface area contributed by atoms with E-state index >= 15 is 0 Å². The van der Waals surface area contributed by atoms with E-state index in [9.17, 15) is 9.50 Å². The normalized spacial score (nSPS) is 12.4. The average Bonchev–Trinajstić information content (AvgIpc) is 2.33. The van der Waals surface area contributed by atoms with Crippen LogP contribution >= 0.6 is 11.8 Å². The average molecular weight is 249 g/mol. The third kappa shape index (κ3) is 3.05. The number of aliphatic hydroxyl groups is 1. The second-order valence-electron chi connectivity index (χ2n) is 3.64. The maximum atomic E-state index is 13.4. The van der Waals surface area contributed by atoms with Crippen LogP contribution in [0.3, 0.4) is 0 Å². The molecule has 0 unspecified atom stereocenters. The predicted molar refractivity (Wildman–Crippen MR) is 65.4 cm³/mol. The van der Waals surface area contributed by atoms with E-state index in [2.05, 4.69) is 4.98 Å². The molecule has 2 rings (SSSR count). The van der Waals surface area contributed by atoms with Crippen molar-refractivity contribution in [2.24, 2.45) is 0 Å². The van der Waals surface area contributed by atoms with E-state index in [1.165, 1.54) is 17.8 Å². The van der Waals surface area contributed by atoms with Crippen LogP contribution in [0.1, 0.15) is 18.6 Å². The van der Waals surface area contributed by atoms with Crippen LogP contribution in [-0.2, 0) is 0 Å². The van der Waals surface area contributed by atoms with E-state index in [0.29, 0.717) is 9.92 Å². The summed E-state index contributed by atoms with van der Waals surface area (Å²) in [5.74, 6) is -0.251. The summed E-state index contributed by atoms with van der Waals surface area (Å²) in [4.78, 5) is 4.72. The van der Waals surface area contributed by atoms with E-state index in [-0.39, 0.29) is 5.82 Å². The first-order chi connectivity index (χ1) is 8.16. The molecule has 0 amide bonds. The van der Waals surface area contributed by atoms with E-state index in [1.807, 2.05) is 0 Å². The van der Waals surface area contributed by atoms with Gasteiger partial charge in [-0.3, -0.25) is 0 Å². The largest absolute Gasteiger partial charge is 0.389 e. The van der Waals surface area contributed by atoms with Crippen molar-refractivity contribution >= 4 is 11.8 Å². The monoisotopic (exact) mass is 249 g/mol. The molecule has 0 aliphatic heterocycles. The molecule has 4 heteroatoms. The predicted octanol–water partition coefficient (Wildman–Crippen LogP) is 3.43. The van der Waals surface area contributed by atoms with Crippen molar-refractivity contribution in [1.82, 2.24) is 4.98 Å². The van der Waals surface area contributed by atoms with Crippen LogP contribution in [0.4, 0.5) is 4.39 Å². The van der Waals surface area contributed by atoms with Gasteiger partial charge in [0, 0.05) is 11.1 Å². The molecule has 1 N–H and O–H groups in total. The highest BCUT2D eigenvalue weighted by molar-refractivity contribution is 7.99. The number of hydrogen-bond acceptors (Lipinski definition) is 3. The van der Waals surface area contributed by atoms with Crippen molar-refractivity contribution in [2.45, 2.75) is 22.9 Å². The summed E-state index contributed by atoms with van der Waals surface area (Å²) in [5.41, 5.74) is 0.753. The second-order valence-corrected chi connectivity index (χ2v) is 4.70. The molecule has 0 spiro atoms. The lowest BCUT2D eigenvalue weighted by Gasteiger charge is -2.05. The summed E-state index contributed by atoms with van der Waals surface area (Å²) >= 11 is 1.27. The fourth-order valence-electron chi connectivity index (χ4n) is 1.34. The molecule has 1 heterocycles. The highest BCUT2D eigenvalue weighted by Crippen LogP contribution is 2.28. The molecule has 0 aliphatic rings. The zero-order valence-electron chi connectivity index (χ0n) is 9.30. The van der Waals surface area contributed by atoms with Crippen molar-refractivity contribution in [2.75, 3.05) is 0 Å². The molecule has 1 aromatic carbocycles. The molecule has 17 heavy (non-hydrogen) atoms. The zero-order chi connectivity index (χ0) is 12.3. The standard InChI is InChI=1S/C13H12FNOS/c1-9(16)10-6-7-13(15-8-10)17-12-5-3-2-4-11(12)14/h2-9,16H,1H3/t9-/m0/s1. The van der Waals surface area contributed by atoms with Gasteiger partial charge in [0.1, 0.15) is 10.8 Å². The van der Waals surface area contributed by atoms with E-state index in [0.717, 1.165) is 5.56 Å². The van der Waals surface area contributed by atoms with E-state index in [1.54, 1.807) is 43.5 Å². The number of aromatic nitrogens is 1. The Labute approximate surface area is 104 Å². The van der Waals surface area contributed by atoms with Gasteiger partial charge in [-0.05, 0) is 30.7 Å². The fraction of sp³-hybridized carbons (Fsp3) is 0.154. The third-order valence-corrected chi connectivity index (χ3v) is 3.29. The SMILES string of the molecule is C[C@H](O)c1ccc(Sc2ccccc2F)nc1. The summed E-state index contributed by atoms with van der Waals surface area (Å²) in [6.45, 7) is 1.68. The zero-order valence-corrected chi connectivity index (χ0v) is 10.1. The molecule has 2 nitrogen and oxygen atoms in total. The smallest absolute Gasteiger partial charge is 0.137 e. The van der Waals surface area contributed by atoms with Crippen molar-refractivity contribution < 1.29 is 9.50 Å². The molecular formula is C13H12FNOS. The highest BCUT2D eigenvalue weighted by atomic mass is 32.2. The Hall–Kier alpha value is -1.39. The Kier molecular flexibility index (Phi) is 3.76. The quantitative estimate of drug-likeness (QED) is 0.904. The number of benzene rings is 1. The second kappa shape index (κ2) is 5.29. The Morgan fingerprint density at radius 1 is 1.24 bits per heavy atom. The van der Waals surface area contributed by atoms with Crippen LogP contribution in [0.2, 0.25) is 0 Å². The third-order valence-electron chi connectivity index (χ3n) is 2.29. The lowest BCUT2D eigenvalue weighted by Crippen LogP contribution is -1.92. The molecule has 88 valence electrons. The minimum Gasteiger partial charge on any atom is -0.389 e. The number of nitrogens with zero attached hydrogens (tertiary/aromatic N) is 1. The van der Waals surface area contributed by atoms with Crippen molar-refractivity contribution in [3.05, 3.63) is 54.0 Å². The van der Waals surface area contributed by atoms with Gasteiger partial charge in [-0.1, -0.05) is 30.0 Å². The van der Waals surface area contributed by atoms with Crippen LogP contribution in [-0.4, -0.2) is 10.1 Å². The van der Waals surface area contributed by atoms with Gasteiger partial charge >= 0.3 is 0 Å². The molecule has 1 atom stereocenters. The van der Waals surface area contributed by atoms with Crippen LogP contribution in [0, 0.1) is 5.82 Å². The van der Waals surface area contributed by atoms with E-state index in [4.69, 9.17) is 0 Å². The van der Waals surface area contributed by atoms with Crippen LogP contribution in [0.25, 0.3) is 0 Å². The first kappa shape index (κ1) is 12.1. The number of aliphatic hydroxyl groups excluding tert-OH is 1. The molecule has 0 saturated carbocycles. The molecule has 0 aliphatic carbocycles. The number of halogens is 1. The molecule has 0 radical (unpaired) electrons. The van der Waals surface area contributed by atoms with Gasteiger partial charge in [0.25, 0.3) is 0 Å². The van der Waals surface area contributed by atoms with Crippen molar-refractivity contribution in [1.29, 1.82) is 0 Å². The summed E-state index contributed by atoms with van der Waals surface area (Å²) in [5, 5.41) is 10.0. The molecule has 0 saturated heterocycles. The lowest BCUT2D eigenvalue weighted by atomic mass is 10.2. The summed E-state index contributed by atoms with van der Waals surface area (Å²) in [7, 11) is 0. The Bertz CT molecular complexity index is 499. The minimum absolute atomic E-state index is 0.251. The summed E-state index contributed by atoms with van der Waals surface area (Å²) in [6.07, 6.45) is 1.07.